The number of nitrogens with one attached hydrogen (secondary N) is 2. The average Bonchev–Trinajstić information content (AvgIpc) is 3.08. The van der Waals surface area contributed by atoms with E-state index in [1.165, 1.54) is 0 Å². The van der Waals surface area contributed by atoms with Crippen molar-refractivity contribution in [3.05, 3.63) is 54.0 Å². The fourth-order valence-corrected chi connectivity index (χ4v) is 2.52. The minimum atomic E-state index is -0.199. The topological polar surface area (TPSA) is 109 Å². The lowest BCUT2D eigenvalue weighted by atomic mass is 10.1. The van der Waals surface area contributed by atoms with Crippen LogP contribution in [0, 0.1) is 18.3 Å². The molecule has 2 N–H and O–H groups in total. The first kappa shape index (κ1) is 18.1. The predicted octanol–water partition coefficient (Wildman–Crippen LogP) is 2.57. The lowest BCUT2D eigenvalue weighted by molar-refractivity contribution is 0.0954. The standard InChI is InChI=1S/C19H19N7O/c1-13-10-22-19(24-16-11-23-26(2)12-16)25-17(13)14-4-6-15(7-5-14)18(27)21-9-3-8-20/h4-7,10-12H,3,9H2,1-2H3,(H,21,27)(H,22,24,25). The monoisotopic (exact) mass is 361 g/mol. The highest BCUT2D eigenvalue weighted by molar-refractivity contribution is 5.94. The molecule has 0 bridgehead atoms. The number of anilines is 2. The summed E-state index contributed by atoms with van der Waals surface area (Å²) in [6.07, 6.45) is 5.57. The number of hydrogen-bond acceptors (Lipinski definition) is 6. The molecule has 1 aromatic carbocycles. The van der Waals surface area contributed by atoms with Crippen LogP contribution in [0.1, 0.15) is 22.3 Å². The Balaban J connectivity index is 1.78. The van der Waals surface area contributed by atoms with E-state index in [1.54, 1.807) is 29.2 Å². The van der Waals surface area contributed by atoms with Gasteiger partial charge in [-0.25, -0.2) is 9.97 Å². The summed E-state index contributed by atoms with van der Waals surface area (Å²) in [6, 6.07) is 9.18. The van der Waals surface area contributed by atoms with Crippen LogP contribution in [0.5, 0.6) is 0 Å². The molecule has 136 valence electrons. The second kappa shape index (κ2) is 8.10. The first-order valence-electron chi connectivity index (χ1n) is 8.41. The maximum atomic E-state index is 12.0. The number of rotatable bonds is 6. The van der Waals surface area contributed by atoms with Crippen molar-refractivity contribution < 1.29 is 4.79 Å². The number of aryl methyl sites for hydroxylation is 2. The van der Waals surface area contributed by atoms with E-state index < -0.39 is 0 Å². The summed E-state index contributed by atoms with van der Waals surface area (Å²) in [5.74, 6) is 0.275. The first-order chi connectivity index (χ1) is 13.1. The Kier molecular flexibility index (Phi) is 5.42. The van der Waals surface area contributed by atoms with Crippen LogP contribution in [0.3, 0.4) is 0 Å². The third-order valence-corrected chi connectivity index (χ3v) is 3.88. The van der Waals surface area contributed by atoms with Gasteiger partial charge in [0.15, 0.2) is 0 Å². The van der Waals surface area contributed by atoms with Gasteiger partial charge >= 0.3 is 0 Å². The van der Waals surface area contributed by atoms with Crippen LogP contribution in [0.15, 0.2) is 42.9 Å². The highest BCUT2D eigenvalue weighted by atomic mass is 16.1. The van der Waals surface area contributed by atoms with Gasteiger partial charge in [-0.1, -0.05) is 12.1 Å². The van der Waals surface area contributed by atoms with Crippen LogP contribution in [0.25, 0.3) is 11.3 Å². The van der Waals surface area contributed by atoms with Gasteiger partial charge in [0.25, 0.3) is 5.91 Å². The normalized spacial score (nSPS) is 10.3. The molecule has 0 aliphatic rings. The molecule has 0 saturated carbocycles. The van der Waals surface area contributed by atoms with Gasteiger partial charge in [-0.05, 0) is 24.6 Å². The van der Waals surface area contributed by atoms with Gasteiger partial charge in [0.2, 0.25) is 5.95 Å². The first-order valence-corrected chi connectivity index (χ1v) is 8.41. The van der Waals surface area contributed by atoms with Crippen molar-refractivity contribution in [2.75, 3.05) is 11.9 Å². The van der Waals surface area contributed by atoms with Gasteiger partial charge in [0, 0.05) is 37.1 Å². The Morgan fingerprint density at radius 1 is 1.26 bits per heavy atom. The van der Waals surface area contributed by atoms with Gasteiger partial charge in [0.05, 0.1) is 30.1 Å². The highest BCUT2D eigenvalue weighted by Crippen LogP contribution is 2.23. The van der Waals surface area contributed by atoms with Crippen molar-refractivity contribution in [3.63, 3.8) is 0 Å². The zero-order valence-electron chi connectivity index (χ0n) is 15.1. The molecule has 2 heterocycles. The summed E-state index contributed by atoms with van der Waals surface area (Å²) < 4.78 is 1.69. The summed E-state index contributed by atoms with van der Waals surface area (Å²) in [5, 5.41) is 18.5. The van der Waals surface area contributed by atoms with Gasteiger partial charge in [-0.3, -0.25) is 9.48 Å². The summed E-state index contributed by atoms with van der Waals surface area (Å²) in [5.41, 5.74) is 3.94. The number of nitriles is 1. The third kappa shape index (κ3) is 4.46. The number of carbonyl (C=O) groups excluding carboxylic acids is 1. The fourth-order valence-electron chi connectivity index (χ4n) is 2.52. The van der Waals surface area contributed by atoms with E-state index in [0.29, 0.717) is 18.1 Å². The Morgan fingerprint density at radius 2 is 2.04 bits per heavy atom. The molecule has 2 aromatic heterocycles. The summed E-state index contributed by atoms with van der Waals surface area (Å²) >= 11 is 0. The molecule has 8 nitrogen and oxygen atoms in total. The summed E-state index contributed by atoms with van der Waals surface area (Å²) in [4.78, 5) is 20.9. The predicted molar refractivity (Wildman–Crippen MR) is 101 cm³/mol. The van der Waals surface area contributed by atoms with Crippen LogP contribution < -0.4 is 10.6 Å². The van der Waals surface area contributed by atoms with E-state index in [1.807, 2.05) is 38.4 Å². The molecule has 3 rings (SSSR count). The molecule has 0 unspecified atom stereocenters. The molecule has 0 radical (unpaired) electrons. The second-order valence-corrected chi connectivity index (χ2v) is 5.99. The molecule has 0 aliphatic carbocycles. The fraction of sp³-hybridized carbons (Fsp3) is 0.211. The Bertz CT molecular complexity index is 986. The van der Waals surface area contributed by atoms with E-state index in [2.05, 4.69) is 25.7 Å². The zero-order valence-corrected chi connectivity index (χ0v) is 15.1. The average molecular weight is 361 g/mol. The highest BCUT2D eigenvalue weighted by Gasteiger charge is 2.10. The van der Waals surface area contributed by atoms with Crippen LogP contribution in [0.4, 0.5) is 11.6 Å². The number of aromatic nitrogens is 4. The molecular formula is C19H19N7O. The van der Waals surface area contributed by atoms with Crippen LogP contribution in [-0.2, 0) is 7.05 Å². The van der Waals surface area contributed by atoms with Crippen LogP contribution in [-0.4, -0.2) is 32.2 Å². The van der Waals surface area contributed by atoms with Gasteiger partial charge < -0.3 is 10.6 Å². The molecule has 0 aliphatic heterocycles. The van der Waals surface area contributed by atoms with Crippen molar-refractivity contribution in [1.82, 2.24) is 25.1 Å². The van der Waals surface area contributed by atoms with E-state index in [4.69, 9.17) is 5.26 Å². The molecule has 0 saturated heterocycles. The molecule has 1 amide bonds. The Hall–Kier alpha value is -3.73. The number of benzene rings is 1. The number of carbonyl (C=O) groups is 1. The van der Waals surface area contributed by atoms with Crippen molar-refractivity contribution in [1.29, 1.82) is 5.26 Å². The maximum absolute atomic E-state index is 12.0. The van der Waals surface area contributed by atoms with Crippen molar-refractivity contribution >= 4 is 17.5 Å². The largest absolute Gasteiger partial charge is 0.351 e. The van der Waals surface area contributed by atoms with Gasteiger partial charge in [-0.15, -0.1) is 0 Å². The van der Waals surface area contributed by atoms with Gasteiger partial charge in [-0.2, -0.15) is 10.4 Å². The summed E-state index contributed by atoms with van der Waals surface area (Å²) in [6.45, 7) is 2.27. The number of nitrogens with zero attached hydrogens (tertiary/aromatic N) is 5. The van der Waals surface area contributed by atoms with Gasteiger partial charge in [0.1, 0.15) is 0 Å². The maximum Gasteiger partial charge on any atom is 0.251 e. The lowest BCUT2D eigenvalue weighted by Gasteiger charge is -2.09. The van der Waals surface area contributed by atoms with Crippen LogP contribution in [0.2, 0.25) is 0 Å². The van der Waals surface area contributed by atoms with Crippen molar-refractivity contribution in [3.8, 4) is 17.3 Å². The van der Waals surface area contributed by atoms with E-state index in [-0.39, 0.29) is 12.3 Å². The quantitative estimate of drug-likeness (QED) is 0.653. The Morgan fingerprint density at radius 3 is 2.70 bits per heavy atom. The third-order valence-electron chi connectivity index (χ3n) is 3.88. The molecule has 3 aromatic rings. The van der Waals surface area contributed by atoms with Crippen LogP contribution >= 0.6 is 0 Å². The number of hydrogen-bond donors (Lipinski definition) is 2. The molecule has 0 spiro atoms. The number of amides is 1. The van der Waals surface area contributed by atoms with E-state index in [0.717, 1.165) is 22.5 Å². The molecule has 27 heavy (non-hydrogen) atoms. The SMILES string of the molecule is Cc1cnc(Nc2cnn(C)c2)nc1-c1ccc(C(=O)NCCC#N)cc1. The minimum Gasteiger partial charge on any atom is -0.351 e. The lowest BCUT2D eigenvalue weighted by Crippen LogP contribution is -2.24. The molecular weight excluding hydrogens is 342 g/mol. The van der Waals surface area contributed by atoms with E-state index >= 15 is 0 Å². The van der Waals surface area contributed by atoms with Crippen molar-refractivity contribution in [2.45, 2.75) is 13.3 Å². The Labute approximate surface area is 156 Å². The summed E-state index contributed by atoms with van der Waals surface area (Å²) in [7, 11) is 1.84. The smallest absolute Gasteiger partial charge is 0.251 e. The zero-order chi connectivity index (χ0) is 19.2. The molecule has 0 fully saturated rings. The molecule has 8 heteroatoms. The van der Waals surface area contributed by atoms with Crippen molar-refractivity contribution in [2.24, 2.45) is 7.05 Å². The minimum absolute atomic E-state index is 0.199. The van der Waals surface area contributed by atoms with E-state index in [9.17, 15) is 4.79 Å². The molecule has 0 atom stereocenters. The second-order valence-electron chi connectivity index (χ2n) is 5.99.